The molecule has 0 aliphatic rings. The smallest absolute Gasteiger partial charge is 0.432 e. The van der Waals surface area contributed by atoms with E-state index in [2.05, 4.69) is 5.10 Å². The van der Waals surface area contributed by atoms with Crippen molar-refractivity contribution in [1.82, 2.24) is 9.78 Å². The molecule has 0 atom stereocenters. The van der Waals surface area contributed by atoms with E-state index in [4.69, 9.17) is 9.84 Å². The summed E-state index contributed by atoms with van der Waals surface area (Å²) < 4.78 is 43.1. The molecule has 1 N–H and O–H groups in total. The number of alkyl halides is 3. The van der Waals surface area contributed by atoms with E-state index in [1.807, 2.05) is 0 Å². The molecule has 0 radical (unpaired) electrons. The molecule has 0 amide bonds. The third kappa shape index (κ3) is 3.38. The van der Waals surface area contributed by atoms with Crippen LogP contribution in [0.3, 0.4) is 0 Å². The number of aromatic nitrogens is 2. The molecule has 0 saturated heterocycles. The fraction of sp³-hybridized carbons (Fsp3) is 0.600. The van der Waals surface area contributed by atoms with Gasteiger partial charge in [0.2, 0.25) is 5.88 Å². The van der Waals surface area contributed by atoms with Crippen molar-refractivity contribution in [2.24, 2.45) is 5.41 Å². The third-order valence-electron chi connectivity index (χ3n) is 2.50. The van der Waals surface area contributed by atoms with Crippen LogP contribution < -0.4 is 4.74 Å². The molecule has 1 heterocycles. The van der Waals surface area contributed by atoms with E-state index in [1.165, 1.54) is 6.07 Å². The second kappa shape index (κ2) is 4.87. The third-order valence-corrected chi connectivity index (χ3v) is 2.50. The molecule has 0 aliphatic heterocycles. The number of carbonyl (C=O) groups is 1. The molecule has 0 aromatic carbocycles. The molecule has 1 aromatic rings. The van der Waals surface area contributed by atoms with Crippen LogP contribution in [0, 0.1) is 5.41 Å². The summed E-state index contributed by atoms with van der Waals surface area (Å²) in [7, 11) is 0. The second-order valence-electron chi connectivity index (χ2n) is 4.36. The predicted molar refractivity (Wildman–Crippen MR) is 55.6 cm³/mol. The molecule has 1 aromatic heterocycles. The van der Waals surface area contributed by atoms with Gasteiger partial charge in [-0.15, -0.1) is 5.10 Å². The lowest BCUT2D eigenvalue weighted by molar-refractivity contribution is -0.215. The Labute approximate surface area is 101 Å². The van der Waals surface area contributed by atoms with Gasteiger partial charge >= 0.3 is 12.3 Å². The molecule has 102 valence electrons. The number of hydrogen-bond acceptors (Lipinski definition) is 3. The summed E-state index contributed by atoms with van der Waals surface area (Å²) in [6, 6.07) is 1.27. The maximum Gasteiger partial charge on any atom is 0.432 e. The molecule has 0 aliphatic carbocycles. The van der Waals surface area contributed by atoms with E-state index >= 15 is 0 Å². The van der Waals surface area contributed by atoms with Crippen LogP contribution in [0.1, 0.15) is 20.3 Å². The largest absolute Gasteiger partial charge is 0.477 e. The van der Waals surface area contributed by atoms with Crippen LogP contribution >= 0.6 is 0 Å². The summed E-state index contributed by atoms with van der Waals surface area (Å²) in [6.45, 7) is 1.96. The lowest BCUT2D eigenvalue weighted by Gasteiger charge is -2.27. The number of nitrogens with zero attached hydrogens (tertiary/aromatic N) is 2. The first-order chi connectivity index (χ1) is 8.13. The topological polar surface area (TPSA) is 64.3 Å². The Morgan fingerprint density at radius 2 is 2.11 bits per heavy atom. The fourth-order valence-electron chi connectivity index (χ4n) is 1.04. The Balaban J connectivity index is 2.49. The van der Waals surface area contributed by atoms with Gasteiger partial charge in [-0.25, -0.2) is 4.79 Å². The monoisotopic (exact) mass is 266 g/mol. The first kappa shape index (κ1) is 14.3. The zero-order valence-electron chi connectivity index (χ0n) is 9.86. The molecule has 8 heteroatoms. The first-order valence-corrected chi connectivity index (χ1v) is 5.12. The minimum atomic E-state index is -4.31. The highest BCUT2D eigenvalue weighted by Crippen LogP contribution is 2.40. The summed E-state index contributed by atoms with van der Waals surface area (Å²) in [4.78, 5) is 10.5. The fourth-order valence-corrected chi connectivity index (χ4v) is 1.04. The summed E-state index contributed by atoms with van der Waals surface area (Å²) in [5, 5.41) is 12.1. The van der Waals surface area contributed by atoms with Crippen molar-refractivity contribution in [3.8, 4) is 5.88 Å². The Kier molecular flexibility index (Phi) is 3.88. The Hall–Kier alpha value is -1.73. The number of rotatable bonds is 4. The van der Waals surface area contributed by atoms with E-state index in [-0.39, 0.29) is 18.9 Å². The molecule has 1 rings (SSSR count). The molecular weight excluding hydrogens is 253 g/mol. The Morgan fingerprint density at radius 1 is 1.50 bits per heavy atom. The van der Waals surface area contributed by atoms with Crippen LogP contribution in [-0.4, -0.2) is 33.8 Å². The quantitative estimate of drug-likeness (QED) is 0.910. The molecule has 0 unspecified atom stereocenters. The first-order valence-electron chi connectivity index (χ1n) is 5.12. The van der Waals surface area contributed by atoms with Crippen molar-refractivity contribution < 1.29 is 27.8 Å². The van der Waals surface area contributed by atoms with Gasteiger partial charge in [0, 0.05) is 12.3 Å². The van der Waals surface area contributed by atoms with Crippen molar-refractivity contribution in [3.63, 3.8) is 0 Å². The van der Waals surface area contributed by atoms with Gasteiger partial charge in [0.05, 0.1) is 12.0 Å². The summed E-state index contributed by atoms with van der Waals surface area (Å²) in [5.74, 6) is -0.0182. The zero-order chi connectivity index (χ0) is 14.0. The number of ether oxygens (including phenoxy) is 1. The standard InChI is InChI=1S/C10H13F3N2O3/c1-9(2,10(11,12)13)4-6-18-7-3-5-15(14-7)8(16)17/h3,5H,4,6H2,1-2H3,(H,16,17). The Bertz CT molecular complexity index is 426. The Morgan fingerprint density at radius 3 is 2.56 bits per heavy atom. The van der Waals surface area contributed by atoms with Gasteiger partial charge in [-0.05, 0) is 6.42 Å². The molecule has 0 bridgehead atoms. The number of carboxylic acid groups (broad SMARTS) is 1. The van der Waals surface area contributed by atoms with Crippen LogP contribution in [-0.2, 0) is 0 Å². The van der Waals surface area contributed by atoms with E-state index in [0.717, 1.165) is 20.0 Å². The normalized spacial score (nSPS) is 12.5. The van der Waals surface area contributed by atoms with E-state index in [0.29, 0.717) is 4.68 Å². The highest BCUT2D eigenvalue weighted by Gasteiger charge is 2.46. The number of hydrogen-bond donors (Lipinski definition) is 1. The van der Waals surface area contributed by atoms with Gasteiger partial charge in [0.25, 0.3) is 0 Å². The second-order valence-corrected chi connectivity index (χ2v) is 4.36. The zero-order valence-corrected chi connectivity index (χ0v) is 9.86. The molecule has 18 heavy (non-hydrogen) atoms. The van der Waals surface area contributed by atoms with Crippen LogP contribution in [0.25, 0.3) is 0 Å². The van der Waals surface area contributed by atoms with E-state index in [9.17, 15) is 18.0 Å². The van der Waals surface area contributed by atoms with Crippen LogP contribution in [0.5, 0.6) is 5.88 Å². The lowest BCUT2D eigenvalue weighted by Crippen LogP contribution is -2.33. The highest BCUT2D eigenvalue weighted by molar-refractivity contribution is 5.66. The van der Waals surface area contributed by atoms with Gasteiger partial charge in [0.15, 0.2) is 0 Å². The predicted octanol–water partition coefficient (Wildman–Crippen LogP) is 2.77. The highest BCUT2D eigenvalue weighted by atomic mass is 19.4. The van der Waals surface area contributed by atoms with Crippen molar-refractivity contribution in [1.29, 1.82) is 0 Å². The van der Waals surface area contributed by atoms with E-state index in [1.54, 1.807) is 0 Å². The summed E-state index contributed by atoms with van der Waals surface area (Å²) >= 11 is 0. The van der Waals surface area contributed by atoms with Gasteiger partial charge < -0.3 is 9.84 Å². The van der Waals surface area contributed by atoms with Crippen LogP contribution in [0.15, 0.2) is 12.3 Å². The van der Waals surface area contributed by atoms with Gasteiger partial charge in [-0.3, -0.25) is 0 Å². The number of halogens is 3. The molecular formula is C10H13F3N2O3. The van der Waals surface area contributed by atoms with Crippen molar-refractivity contribution in [3.05, 3.63) is 12.3 Å². The molecule has 5 nitrogen and oxygen atoms in total. The van der Waals surface area contributed by atoms with Crippen LogP contribution in [0.2, 0.25) is 0 Å². The van der Waals surface area contributed by atoms with Gasteiger partial charge in [-0.2, -0.15) is 17.9 Å². The van der Waals surface area contributed by atoms with Crippen molar-refractivity contribution in [2.45, 2.75) is 26.4 Å². The summed E-state index contributed by atoms with van der Waals surface area (Å²) in [6.07, 6.45) is -4.69. The van der Waals surface area contributed by atoms with Crippen molar-refractivity contribution in [2.75, 3.05) is 6.61 Å². The maximum atomic E-state index is 12.5. The van der Waals surface area contributed by atoms with E-state index < -0.39 is 17.7 Å². The average molecular weight is 266 g/mol. The minimum absolute atomic E-state index is 0.0182. The average Bonchev–Trinajstić information content (AvgIpc) is 2.64. The molecule has 0 saturated carbocycles. The molecule has 0 fully saturated rings. The van der Waals surface area contributed by atoms with Crippen LogP contribution in [0.4, 0.5) is 18.0 Å². The minimum Gasteiger partial charge on any atom is -0.477 e. The SMILES string of the molecule is CC(C)(CCOc1ccn(C(=O)O)n1)C(F)(F)F. The lowest BCUT2D eigenvalue weighted by atomic mass is 9.89. The maximum absolute atomic E-state index is 12.5. The molecule has 0 spiro atoms. The van der Waals surface area contributed by atoms with Gasteiger partial charge in [-0.1, -0.05) is 13.8 Å². The van der Waals surface area contributed by atoms with Gasteiger partial charge in [0.1, 0.15) is 0 Å². The summed E-state index contributed by atoms with van der Waals surface area (Å²) in [5.41, 5.74) is -1.86. The van der Waals surface area contributed by atoms with Crippen molar-refractivity contribution >= 4 is 6.09 Å².